The number of carbonyl (C=O) groups excluding carboxylic acids is 1. The number of hydrogen-bond acceptors (Lipinski definition) is 3. The maximum absolute atomic E-state index is 12.4. The lowest BCUT2D eigenvalue weighted by atomic mass is 10.0. The number of hydrogen-bond donors (Lipinski definition) is 1. The molecule has 28 heavy (non-hydrogen) atoms. The number of amides is 1. The van der Waals surface area contributed by atoms with Gasteiger partial charge in [0.25, 0.3) is 0 Å². The molecule has 1 aliphatic rings. The number of aliphatic imine (C=N–C) groups is 1. The van der Waals surface area contributed by atoms with Crippen molar-refractivity contribution in [3.05, 3.63) is 58.6 Å². The first-order valence-electron chi connectivity index (χ1n) is 9.02. The van der Waals surface area contributed by atoms with Crippen molar-refractivity contribution in [1.82, 2.24) is 4.90 Å². The Labute approximate surface area is 185 Å². The monoisotopic (exact) mass is 481 g/mol. The minimum Gasteiger partial charge on any atom is -0.350 e. The second-order valence-corrected chi connectivity index (χ2v) is 8.88. The van der Waals surface area contributed by atoms with Crippen LogP contribution in [0.2, 0.25) is 0 Å². The smallest absolute Gasteiger partial charge is 0.226 e. The lowest BCUT2D eigenvalue weighted by molar-refractivity contribution is -0.116. The molecule has 1 saturated heterocycles. The highest BCUT2D eigenvalue weighted by Gasteiger charge is 2.29. The summed E-state index contributed by atoms with van der Waals surface area (Å²) in [5, 5.41) is 3.96. The number of nitrogens with one attached hydrogen (secondary N) is 1. The molecule has 1 unspecified atom stereocenters. The topological polar surface area (TPSA) is 44.7 Å². The molecule has 1 heterocycles. The van der Waals surface area contributed by atoms with Gasteiger partial charge < -0.3 is 10.2 Å². The number of nitrogens with zero attached hydrogens (tertiary/aromatic N) is 2. The molecular formula is C21H25BrClN3OS. The van der Waals surface area contributed by atoms with Gasteiger partial charge in [-0.2, -0.15) is 0 Å². The van der Waals surface area contributed by atoms with Crippen LogP contribution in [0.1, 0.15) is 31.7 Å². The molecule has 7 heteroatoms. The van der Waals surface area contributed by atoms with Gasteiger partial charge >= 0.3 is 0 Å². The summed E-state index contributed by atoms with van der Waals surface area (Å²) < 4.78 is 1.01. The van der Waals surface area contributed by atoms with Gasteiger partial charge in [-0.05, 0) is 41.8 Å². The average Bonchev–Trinajstić information content (AvgIpc) is 2.95. The van der Waals surface area contributed by atoms with Crippen LogP contribution < -0.4 is 5.32 Å². The fourth-order valence-corrected chi connectivity index (χ4v) is 4.47. The van der Waals surface area contributed by atoms with Gasteiger partial charge in [-0.25, -0.2) is 4.99 Å². The first-order valence-corrected chi connectivity index (χ1v) is 10.8. The Morgan fingerprint density at radius 1 is 1.29 bits per heavy atom. The summed E-state index contributed by atoms with van der Waals surface area (Å²) in [6.07, 6.45) is 0.451. The van der Waals surface area contributed by atoms with Crippen molar-refractivity contribution in [1.29, 1.82) is 0 Å². The van der Waals surface area contributed by atoms with E-state index in [4.69, 9.17) is 4.99 Å². The molecule has 0 aliphatic carbocycles. The number of anilines is 1. The summed E-state index contributed by atoms with van der Waals surface area (Å²) >= 11 is 5.17. The van der Waals surface area contributed by atoms with Crippen LogP contribution in [0.3, 0.4) is 0 Å². The molecule has 0 saturated carbocycles. The van der Waals surface area contributed by atoms with E-state index in [2.05, 4.69) is 52.1 Å². The molecule has 1 atom stereocenters. The number of halogens is 2. The summed E-state index contributed by atoms with van der Waals surface area (Å²) in [6.45, 7) is 4.32. The van der Waals surface area contributed by atoms with E-state index < -0.39 is 0 Å². The van der Waals surface area contributed by atoms with E-state index in [9.17, 15) is 4.79 Å². The second kappa shape index (κ2) is 10.3. The maximum Gasteiger partial charge on any atom is 0.226 e. The average molecular weight is 483 g/mol. The molecule has 1 fully saturated rings. The molecule has 2 aromatic rings. The zero-order chi connectivity index (χ0) is 19.4. The van der Waals surface area contributed by atoms with Crippen LogP contribution in [-0.4, -0.2) is 34.8 Å². The predicted octanol–water partition coefficient (Wildman–Crippen LogP) is 6.06. The maximum atomic E-state index is 12.4. The summed E-state index contributed by atoms with van der Waals surface area (Å²) in [5.74, 6) is 1.39. The van der Waals surface area contributed by atoms with Crippen molar-refractivity contribution in [3.8, 4) is 0 Å². The van der Waals surface area contributed by atoms with Crippen LogP contribution >= 0.6 is 40.1 Å². The van der Waals surface area contributed by atoms with E-state index in [0.717, 1.165) is 26.8 Å². The molecule has 3 rings (SSSR count). The largest absolute Gasteiger partial charge is 0.350 e. The fourth-order valence-electron chi connectivity index (χ4n) is 2.88. The summed E-state index contributed by atoms with van der Waals surface area (Å²) in [6, 6.07) is 16.2. The normalized spacial score (nSPS) is 17.7. The first kappa shape index (κ1) is 22.8. The number of thioether (sulfide) groups is 1. The van der Waals surface area contributed by atoms with E-state index in [1.165, 1.54) is 5.56 Å². The molecule has 0 aromatic heterocycles. The molecular weight excluding hydrogens is 458 g/mol. The Morgan fingerprint density at radius 3 is 2.64 bits per heavy atom. The van der Waals surface area contributed by atoms with E-state index in [-0.39, 0.29) is 24.4 Å². The number of rotatable bonds is 5. The van der Waals surface area contributed by atoms with Crippen LogP contribution in [0.4, 0.5) is 11.4 Å². The van der Waals surface area contributed by atoms with Gasteiger partial charge in [0, 0.05) is 35.4 Å². The third kappa shape index (κ3) is 6.00. The lowest BCUT2D eigenvalue weighted by Crippen LogP contribution is -2.33. The molecule has 0 spiro atoms. The standard InChI is InChI=1S/C21H24BrN3OS.ClH/c1-14(2)15-7-9-17(10-8-15)23-20(26)12-19-13-27-21(25(19)3)24-18-6-4-5-16(22)11-18;/h4-11,14,19H,12-13H2,1-3H3,(H,23,26);1H/b24-21-;. The molecule has 0 bridgehead atoms. The Bertz CT molecular complexity index is 842. The van der Waals surface area contributed by atoms with Gasteiger partial charge in [0.1, 0.15) is 0 Å². The molecule has 0 radical (unpaired) electrons. The van der Waals surface area contributed by atoms with Gasteiger partial charge in [0.15, 0.2) is 5.17 Å². The summed E-state index contributed by atoms with van der Waals surface area (Å²) in [7, 11) is 2.01. The van der Waals surface area contributed by atoms with E-state index in [1.54, 1.807) is 11.8 Å². The van der Waals surface area contributed by atoms with Crippen LogP contribution in [0.25, 0.3) is 0 Å². The Hall–Kier alpha value is -1.50. The second-order valence-electron chi connectivity index (χ2n) is 6.98. The Balaban J connectivity index is 0.00000280. The van der Waals surface area contributed by atoms with Crippen LogP contribution in [0.5, 0.6) is 0 Å². The highest BCUT2D eigenvalue weighted by atomic mass is 79.9. The van der Waals surface area contributed by atoms with Crippen LogP contribution in [0, 0.1) is 0 Å². The SMILES string of the molecule is CC(C)c1ccc(NC(=O)CC2CS/C(=N\c3cccc(Br)c3)N2C)cc1.Cl. The Morgan fingerprint density at radius 2 is 2.00 bits per heavy atom. The van der Waals surface area contributed by atoms with Gasteiger partial charge in [0.05, 0.1) is 5.69 Å². The number of carbonyl (C=O) groups is 1. The highest BCUT2D eigenvalue weighted by molar-refractivity contribution is 9.10. The van der Waals surface area contributed by atoms with Gasteiger partial charge in [0.2, 0.25) is 5.91 Å². The third-order valence-electron chi connectivity index (χ3n) is 4.57. The van der Waals surface area contributed by atoms with E-state index in [1.807, 2.05) is 43.4 Å². The van der Waals surface area contributed by atoms with Crippen molar-refractivity contribution in [2.45, 2.75) is 32.2 Å². The van der Waals surface area contributed by atoms with E-state index >= 15 is 0 Å². The van der Waals surface area contributed by atoms with Crippen LogP contribution in [-0.2, 0) is 4.79 Å². The first-order chi connectivity index (χ1) is 12.9. The summed E-state index contributed by atoms with van der Waals surface area (Å²) in [5.41, 5.74) is 3.03. The van der Waals surface area contributed by atoms with Crippen molar-refractivity contribution < 1.29 is 4.79 Å². The number of benzene rings is 2. The minimum absolute atomic E-state index is 0. The third-order valence-corrected chi connectivity index (χ3v) is 6.25. The molecule has 2 aromatic carbocycles. The van der Waals surface area contributed by atoms with Crippen molar-refractivity contribution >= 4 is 62.5 Å². The molecule has 1 amide bonds. The van der Waals surface area contributed by atoms with Crippen molar-refractivity contribution in [2.24, 2.45) is 4.99 Å². The van der Waals surface area contributed by atoms with Gasteiger partial charge in [-0.3, -0.25) is 4.79 Å². The van der Waals surface area contributed by atoms with Crippen molar-refractivity contribution in [3.63, 3.8) is 0 Å². The zero-order valence-corrected chi connectivity index (χ0v) is 19.4. The van der Waals surface area contributed by atoms with Crippen LogP contribution in [0.15, 0.2) is 58.0 Å². The predicted molar refractivity (Wildman–Crippen MR) is 126 cm³/mol. The quantitative estimate of drug-likeness (QED) is 0.563. The highest BCUT2D eigenvalue weighted by Crippen LogP contribution is 2.28. The van der Waals surface area contributed by atoms with Crippen molar-refractivity contribution in [2.75, 3.05) is 18.1 Å². The van der Waals surface area contributed by atoms with Gasteiger partial charge in [-0.1, -0.05) is 59.7 Å². The minimum atomic E-state index is 0. The zero-order valence-electron chi connectivity index (χ0n) is 16.2. The summed E-state index contributed by atoms with van der Waals surface area (Å²) in [4.78, 5) is 19.3. The Kier molecular flexibility index (Phi) is 8.40. The lowest BCUT2D eigenvalue weighted by Gasteiger charge is -2.20. The fraction of sp³-hybridized carbons (Fsp3) is 0.333. The molecule has 150 valence electrons. The molecule has 4 nitrogen and oxygen atoms in total. The van der Waals surface area contributed by atoms with E-state index in [0.29, 0.717) is 12.3 Å². The molecule has 1 N–H and O–H groups in total. The van der Waals surface area contributed by atoms with Gasteiger partial charge in [-0.15, -0.1) is 12.4 Å². The molecule has 1 aliphatic heterocycles. The number of amidine groups is 1.